The van der Waals surface area contributed by atoms with Gasteiger partial charge in [-0.2, -0.15) is 13.2 Å². The van der Waals surface area contributed by atoms with Gasteiger partial charge >= 0.3 is 26.7 Å². The molecule has 23 heavy (non-hydrogen) atoms. The summed E-state index contributed by atoms with van der Waals surface area (Å²) in [5.41, 5.74) is -3.42. The van der Waals surface area contributed by atoms with Gasteiger partial charge in [0.05, 0.1) is 0 Å². The molecule has 0 aliphatic carbocycles. The summed E-state index contributed by atoms with van der Waals surface area (Å²) < 4.78 is 75.2. The van der Waals surface area contributed by atoms with Gasteiger partial charge in [0.2, 0.25) is 3.57 Å². The van der Waals surface area contributed by atoms with Gasteiger partial charge in [-0.1, -0.05) is 24.3 Å². The molecule has 3 nitrogen and oxygen atoms in total. The number of hydrogen-bond donors (Lipinski definition) is 0. The summed E-state index contributed by atoms with van der Waals surface area (Å²) in [6, 6.07) is 13.9. The number of rotatable bonds is 0. The fraction of sp³-hybridized carbons (Fsp3) is 0.143. The van der Waals surface area contributed by atoms with Crippen LogP contribution in [0.15, 0.2) is 42.5 Å². The van der Waals surface area contributed by atoms with Gasteiger partial charge in [-0.05, 0) is 18.2 Å². The molecule has 0 radical (unpaired) electrons. The van der Waals surface area contributed by atoms with Crippen molar-refractivity contribution in [2.24, 2.45) is 0 Å². The van der Waals surface area contributed by atoms with Crippen LogP contribution in [0.4, 0.5) is 17.6 Å². The maximum atomic E-state index is 13.6. The highest BCUT2D eigenvalue weighted by molar-refractivity contribution is 7.86. The van der Waals surface area contributed by atoms with Crippen LogP contribution in [0.25, 0.3) is 0 Å². The Kier molecular flexibility index (Phi) is 5.31. The van der Waals surface area contributed by atoms with Crippen molar-refractivity contribution in [3.8, 4) is 0 Å². The Hall–Kier alpha value is -1.20. The van der Waals surface area contributed by atoms with Gasteiger partial charge in [0.15, 0.2) is 13.7 Å². The zero-order valence-corrected chi connectivity index (χ0v) is 14.2. The average Bonchev–Trinajstić information content (AvgIpc) is 2.44. The van der Waals surface area contributed by atoms with Crippen LogP contribution in [-0.4, -0.2) is 18.5 Å². The van der Waals surface area contributed by atoms with Crippen molar-refractivity contribution in [1.82, 2.24) is 0 Å². The van der Waals surface area contributed by atoms with E-state index in [1.165, 1.54) is 12.7 Å². The lowest BCUT2D eigenvalue weighted by molar-refractivity contribution is -0.601. The quantitative estimate of drug-likeness (QED) is 0.204. The molecular weight excluding hydrogens is 451 g/mol. The van der Waals surface area contributed by atoms with Crippen LogP contribution < -0.4 is 21.2 Å². The normalized spacial score (nSPS) is 13.4. The number of halogens is 5. The van der Waals surface area contributed by atoms with E-state index in [2.05, 4.69) is 24.3 Å². The summed E-state index contributed by atoms with van der Waals surface area (Å²) in [5.74, 6) is -0.0401. The summed E-state index contributed by atoms with van der Waals surface area (Å²) in [4.78, 5) is 0. The Balaban J connectivity index is 0.000000207. The SMILES string of the molecule is Fc1cccc2c1Cc1ccccc1[I+]2.O=S(=O)([O-])C(F)(F)F. The Morgan fingerprint density at radius 2 is 1.57 bits per heavy atom. The molecule has 2 aromatic rings. The molecule has 124 valence electrons. The Morgan fingerprint density at radius 1 is 1.00 bits per heavy atom. The monoisotopic (exact) mass is 460 g/mol. The molecule has 0 spiro atoms. The van der Waals surface area contributed by atoms with Crippen molar-refractivity contribution in [3.63, 3.8) is 0 Å². The van der Waals surface area contributed by atoms with E-state index in [1.807, 2.05) is 12.1 Å². The minimum atomic E-state index is -6.09. The van der Waals surface area contributed by atoms with Crippen molar-refractivity contribution in [1.29, 1.82) is 0 Å². The Morgan fingerprint density at radius 3 is 2.17 bits per heavy atom. The van der Waals surface area contributed by atoms with Crippen LogP contribution in [0.5, 0.6) is 0 Å². The van der Waals surface area contributed by atoms with Crippen LogP contribution in [-0.2, 0) is 16.5 Å². The molecule has 3 rings (SSSR count). The lowest BCUT2D eigenvalue weighted by Gasteiger charge is -2.08. The lowest BCUT2D eigenvalue weighted by atomic mass is 10.0. The molecule has 0 atom stereocenters. The molecule has 0 unspecified atom stereocenters. The van der Waals surface area contributed by atoms with Crippen molar-refractivity contribution in [2.75, 3.05) is 0 Å². The van der Waals surface area contributed by atoms with E-state index in [1.54, 1.807) is 6.07 Å². The van der Waals surface area contributed by atoms with Gasteiger partial charge in [0.1, 0.15) is 5.82 Å². The van der Waals surface area contributed by atoms with E-state index in [0.717, 1.165) is 12.0 Å². The van der Waals surface area contributed by atoms with Gasteiger partial charge in [0.25, 0.3) is 0 Å². The van der Waals surface area contributed by atoms with E-state index < -0.39 is 15.6 Å². The molecule has 0 fully saturated rings. The molecule has 1 aliphatic rings. The third kappa shape index (κ3) is 4.42. The highest BCUT2D eigenvalue weighted by Crippen LogP contribution is 2.20. The largest absolute Gasteiger partial charge is 0.741 e. The van der Waals surface area contributed by atoms with Crippen LogP contribution in [0.1, 0.15) is 11.1 Å². The summed E-state index contributed by atoms with van der Waals surface area (Å²) in [6.45, 7) is 0. The second-order valence-corrected chi connectivity index (χ2v) is 8.70. The van der Waals surface area contributed by atoms with Gasteiger partial charge in [-0.25, -0.2) is 12.8 Å². The molecule has 0 saturated carbocycles. The van der Waals surface area contributed by atoms with Crippen LogP contribution in [0.3, 0.4) is 0 Å². The van der Waals surface area contributed by atoms with E-state index in [9.17, 15) is 17.6 Å². The molecule has 2 aromatic carbocycles. The molecular formula is C14H9F4IO3S. The summed E-state index contributed by atoms with van der Waals surface area (Å²) in [7, 11) is -6.09. The van der Waals surface area contributed by atoms with Crippen LogP contribution in [0.2, 0.25) is 0 Å². The first kappa shape index (κ1) is 18.1. The third-order valence-electron chi connectivity index (χ3n) is 2.87. The predicted molar refractivity (Wildman–Crippen MR) is 68.8 cm³/mol. The minimum absolute atomic E-state index is 0.0401. The van der Waals surface area contributed by atoms with Gasteiger partial charge < -0.3 is 4.55 Å². The van der Waals surface area contributed by atoms with E-state index in [4.69, 9.17) is 13.0 Å². The first-order valence-electron chi connectivity index (χ1n) is 6.12. The molecule has 0 saturated heterocycles. The van der Waals surface area contributed by atoms with Crippen molar-refractivity contribution >= 4 is 10.1 Å². The summed E-state index contributed by atoms with van der Waals surface area (Å²) >= 11 is -0.182. The van der Waals surface area contributed by atoms with Gasteiger partial charge in [-0.3, -0.25) is 0 Å². The van der Waals surface area contributed by atoms with Crippen molar-refractivity contribution in [2.45, 2.75) is 11.9 Å². The van der Waals surface area contributed by atoms with E-state index in [0.29, 0.717) is 0 Å². The molecule has 1 heterocycles. The van der Waals surface area contributed by atoms with Gasteiger partial charge in [0, 0.05) is 17.5 Å². The predicted octanol–water partition coefficient (Wildman–Crippen LogP) is -0.0903. The number of fused-ring (bicyclic) bond motifs is 2. The highest BCUT2D eigenvalue weighted by Gasteiger charge is 2.37. The second-order valence-electron chi connectivity index (χ2n) is 4.46. The lowest BCUT2D eigenvalue weighted by Crippen LogP contribution is -3.62. The Labute approximate surface area is 140 Å². The van der Waals surface area contributed by atoms with Crippen molar-refractivity contribution in [3.05, 3.63) is 66.5 Å². The fourth-order valence-electron chi connectivity index (χ4n) is 1.82. The molecule has 0 N–H and O–H groups in total. The first-order chi connectivity index (χ1) is 10.6. The summed E-state index contributed by atoms with van der Waals surface area (Å²) in [6.07, 6.45) is 0.762. The van der Waals surface area contributed by atoms with Gasteiger partial charge in [-0.15, -0.1) is 0 Å². The van der Waals surface area contributed by atoms with Crippen LogP contribution >= 0.6 is 0 Å². The Bertz CT molecular complexity index is 819. The standard InChI is InChI=1S/C13H9FI.CHF3O3S/c14-11-5-3-7-13-10(11)8-9-4-1-2-6-12(9)15-13;2-1(3,4)8(5,6)7/h1-7H,8H2;(H,5,6,7)/q+1;/p-1. The molecule has 0 amide bonds. The zero-order chi connectivity index (χ0) is 17.3. The number of benzene rings is 2. The molecule has 0 aromatic heterocycles. The van der Waals surface area contributed by atoms with Crippen LogP contribution in [0, 0.1) is 13.0 Å². The molecule has 0 bridgehead atoms. The van der Waals surface area contributed by atoms with E-state index in [-0.39, 0.29) is 27.0 Å². The van der Waals surface area contributed by atoms with Crippen molar-refractivity contribution < 1.29 is 51.7 Å². The second kappa shape index (κ2) is 6.73. The highest BCUT2D eigenvalue weighted by atomic mass is 127. The van der Waals surface area contributed by atoms with E-state index >= 15 is 0 Å². The average molecular weight is 460 g/mol. The zero-order valence-electron chi connectivity index (χ0n) is 11.3. The topological polar surface area (TPSA) is 57.2 Å². The minimum Gasteiger partial charge on any atom is -0.741 e. The first-order valence-corrected chi connectivity index (χ1v) is 9.68. The number of hydrogen-bond acceptors (Lipinski definition) is 3. The maximum Gasteiger partial charge on any atom is 0.485 e. The molecule has 9 heteroatoms. The maximum absolute atomic E-state index is 13.6. The molecule has 1 aliphatic heterocycles. The number of alkyl halides is 3. The smallest absolute Gasteiger partial charge is 0.485 e. The summed E-state index contributed by atoms with van der Waals surface area (Å²) in [5, 5.41) is 0. The third-order valence-corrected chi connectivity index (χ3v) is 6.67. The fourth-order valence-corrected chi connectivity index (χ4v) is 4.72.